The monoisotopic (exact) mass is 315 g/mol. The Balaban J connectivity index is 1.61. The molecule has 0 aliphatic heterocycles. The van der Waals surface area contributed by atoms with Crippen LogP contribution in [0.25, 0.3) is 0 Å². The Bertz CT molecular complexity index is 680. The van der Waals surface area contributed by atoms with Crippen molar-refractivity contribution >= 4 is 5.91 Å². The molecule has 23 heavy (non-hydrogen) atoms. The fourth-order valence-corrected chi connectivity index (χ4v) is 2.68. The summed E-state index contributed by atoms with van der Waals surface area (Å²) in [4.78, 5) is 14.4. The fourth-order valence-electron chi connectivity index (χ4n) is 2.68. The molecule has 1 aliphatic rings. The van der Waals surface area contributed by atoms with E-state index < -0.39 is 0 Å². The molecule has 0 N–H and O–H groups in total. The van der Waals surface area contributed by atoms with E-state index in [0.717, 1.165) is 24.0 Å². The highest BCUT2D eigenvalue weighted by molar-refractivity contribution is 5.77. The van der Waals surface area contributed by atoms with Crippen LogP contribution in [0.4, 0.5) is 8.78 Å². The number of nitrogens with zero attached hydrogens (tertiary/aromatic N) is 1. The van der Waals surface area contributed by atoms with Gasteiger partial charge >= 0.3 is 0 Å². The summed E-state index contributed by atoms with van der Waals surface area (Å²) in [6.07, 6.45) is 2.93. The molecule has 3 rings (SSSR count). The molecule has 0 saturated heterocycles. The normalized spacial score (nSPS) is 13.8. The summed E-state index contributed by atoms with van der Waals surface area (Å²) >= 11 is 0. The van der Waals surface area contributed by atoms with Gasteiger partial charge in [-0.3, -0.25) is 4.79 Å². The Morgan fingerprint density at radius 1 is 1.00 bits per heavy atom. The number of rotatable bonds is 6. The van der Waals surface area contributed by atoms with Crippen molar-refractivity contribution in [1.29, 1.82) is 0 Å². The van der Waals surface area contributed by atoms with Crippen molar-refractivity contribution in [3.8, 4) is 0 Å². The highest BCUT2D eigenvalue weighted by Crippen LogP contribution is 2.29. The van der Waals surface area contributed by atoms with Crippen LogP contribution in [-0.4, -0.2) is 16.8 Å². The first-order valence-electron chi connectivity index (χ1n) is 7.90. The van der Waals surface area contributed by atoms with Crippen molar-refractivity contribution < 1.29 is 13.6 Å². The maximum Gasteiger partial charge on any atom is 0.223 e. The third kappa shape index (κ3) is 4.38. The maximum atomic E-state index is 13.2. The number of halogens is 2. The molecule has 0 spiro atoms. The van der Waals surface area contributed by atoms with Gasteiger partial charge < -0.3 is 4.90 Å². The second-order valence-electron chi connectivity index (χ2n) is 6.01. The molecule has 0 aromatic heterocycles. The van der Waals surface area contributed by atoms with E-state index in [1.807, 2.05) is 11.0 Å². The number of hydrogen-bond donors (Lipinski definition) is 0. The van der Waals surface area contributed by atoms with E-state index in [1.165, 1.54) is 24.3 Å². The quantitative estimate of drug-likeness (QED) is 0.786. The Morgan fingerprint density at radius 2 is 1.74 bits per heavy atom. The lowest BCUT2D eigenvalue weighted by Gasteiger charge is -2.22. The van der Waals surface area contributed by atoms with E-state index in [4.69, 9.17) is 0 Å². The topological polar surface area (TPSA) is 20.3 Å². The van der Waals surface area contributed by atoms with Crippen LogP contribution in [0.2, 0.25) is 0 Å². The maximum absolute atomic E-state index is 13.2. The minimum atomic E-state index is -0.277. The van der Waals surface area contributed by atoms with Gasteiger partial charge in [-0.15, -0.1) is 0 Å². The molecule has 120 valence electrons. The van der Waals surface area contributed by atoms with Crippen molar-refractivity contribution in [2.75, 3.05) is 0 Å². The Morgan fingerprint density at radius 3 is 2.39 bits per heavy atom. The van der Waals surface area contributed by atoms with Crippen LogP contribution in [0, 0.1) is 11.6 Å². The van der Waals surface area contributed by atoms with Gasteiger partial charge in [0.15, 0.2) is 0 Å². The largest absolute Gasteiger partial charge is 0.335 e. The molecule has 0 unspecified atom stereocenters. The Kier molecular flexibility index (Phi) is 4.70. The molecule has 0 radical (unpaired) electrons. The summed E-state index contributed by atoms with van der Waals surface area (Å²) in [5.41, 5.74) is 1.76. The Hall–Kier alpha value is -2.23. The highest BCUT2D eigenvalue weighted by atomic mass is 19.1. The fraction of sp³-hybridized carbons (Fsp3) is 0.316. The molecule has 1 saturated carbocycles. The smallest absolute Gasteiger partial charge is 0.223 e. The van der Waals surface area contributed by atoms with E-state index in [9.17, 15) is 13.6 Å². The lowest BCUT2D eigenvalue weighted by Crippen LogP contribution is -2.32. The van der Waals surface area contributed by atoms with Crippen molar-refractivity contribution in [2.45, 2.75) is 38.3 Å². The second kappa shape index (κ2) is 6.90. The number of amides is 1. The van der Waals surface area contributed by atoms with Crippen LogP contribution in [0.3, 0.4) is 0 Å². The molecular weight excluding hydrogens is 296 g/mol. The van der Waals surface area contributed by atoms with Crippen LogP contribution in [-0.2, 0) is 17.8 Å². The van der Waals surface area contributed by atoms with Crippen LogP contribution < -0.4 is 0 Å². The first kappa shape index (κ1) is 15.7. The van der Waals surface area contributed by atoms with E-state index in [0.29, 0.717) is 25.4 Å². The Labute approximate surface area is 134 Å². The standard InChI is InChI=1S/C19H19F2NO/c20-16-7-4-15(5-8-16)13-22(18-9-10-18)19(23)11-6-14-2-1-3-17(21)12-14/h1-5,7-8,12,18H,6,9-11,13H2. The lowest BCUT2D eigenvalue weighted by molar-refractivity contribution is -0.132. The third-order valence-corrected chi connectivity index (χ3v) is 4.09. The molecule has 1 amide bonds. The minimum Gasteiger partial charge on any atom is -0.335 e. The van der Waals surface area contributed by atoms with Gasteiger partial charge in [0.1, 0.15) is 11.6 Å². The van der Waals surface area contributed by atoms with Gasteiger partial charge in [-0.2, -0.15) is 0 Å². The number of carbonyl (C=O) groups is 1. The van der Waals surface area contributed by atoms with E-state index in [1.54, 1.807) is 18.2 Å². The van der Waals surface area contributed by atoms with Gasteiger partial charge in [0, 0.05) is 19.0 Å². The van der Waals surface area contributed by atoms with Gasteiger partial charge in [0.2, 0.25) is 5.91 Å². The molecule has 2 nitrogen and oxygen atoms in total. The van der Waals surface area contributed by atoms with E-state index >= 15 is 0 Å². The molecule has 4 heteroatoms. The summed E-state index contributed by atoms with van der Waals surface area (Å²) in [5.74, 6) is -0.481. The minimum absolute atomic E-state index is 0.0705. The first-order valence-corrected chi connectivity index (χ1v) is 7.90. The van der Waals surface area contributed by atoms with Crippen molar-refractivity contribution in [1.82, 2.24) is 4.90 Å². The van der Waals surface area contributed by atoms with Crippen molar-refractivity contribution in [3.05, 3.63) is 71.3 Å². The predicted molar refractivity (Wildman–Crippen MR) is 84.7 cm³/mol. The molecular formula is C19H19F2NO. The van der Waals surface area contributed by atoms with Gasteiger partial charge in [-0.05, 0) is 54.7 Å². The van der Waals surface area contributed by atoms with Gasteiger partial charge in [0.05, 0.1) is 0 Å². The van der Waals surface area contributed by atoms with Crippen LogP contribution >= 0.6 is 0 Å². The van der Waals surface area contributed by atoms with E-state index in [-0.39, 0.29) is 17.5 Å². The van der Waals surface area contributed by atoms with Gasteiger partial charge in [-0.25, -0.2) is 8.78 Å². The summed E-state index contributed by atoms with van der Waals surface area (Å²) in [7, 11) is 0. The zero-order chi connectivity index (χ0) is 16.2. The first-order chi connectivity index (χ1) is 11.1. The summed E-state index contributed by atoms with van der Waals surface area (Å²) < 4.78 is 26.2. The average molecular weight is 315 g/mol. The average Bonchev–Trinajstić information content (AvgIpc) is 3.37. The molecule has 0 bridgehead atoms. The molecule has 1 aliphatic carbocycles. The summed E-state index contributed by atoms with van der Waals surface area (Å²) in [5, 5.41) is 0. The lowest BCUT2D eigenvalue weighted by atomic mass is 10.1. The number of hydrogen-bond acceptors (Lipinski definition) is 1. The van der Waals surface area contributed by atoms with Crippen molar-refractivity contribution in [3.63, 3.8) is 0 Å². The molecule has 0 atom stereocenters. The van der Waals surface area contributed by atoms with Crippen LogP contribution in [0.5, 0.6) is 0 Å². The molecule has 0 heterocycles. The number of carbonyl (C=O) groups excluding carboxylic acids is 1. The summed E-state index contributed by atoms with van der Waals surface area (Å²) in [6, 6.07) is 12.9. The zero-order valence-electron chi connectivity index (χ0n) is 12.8. The van der Waals surface area contributed by atoms with Gasteiger partial charge in [0.25, 0.3) is 0 Å². The second-order valence-corrected chi connectivity index (χ2v) is 6.01. The predicted octanol–water partition coefficient (Wildman–Crippen LogP) is 4.09. The van der Waals surface area contributed by atoms with Gasteiger partial charge in [-0.1, -0.05) is 24.3 Å². The van der Waals surface area contributed by atoms with Crippen LogP contribution in [0.15, 0.2) is 48.5 Å². The SMILES string of the molecule is O=C(CCc1cccc(F)c1)N(Cc1ccc(F)cc1)C1CC1. The summed E-state index contributed by atoms with van der Waals surface area (Å²) in [6.45, 7) is 0.507. The number of aryl methyl sites for hydroxylation is 1. The van der Waals surface area contributed by atoms with E-state index in [2.05, 4.69) is 0 Å². The molecule has 2 aromatic carbocycles. The number of benzene rings is 2. The van der Waals surface area contributed by atoms with Crippen LogP contribution in [0.1, 0.15) is 30.4 Å². The molecule has 2 aromatic rings. The van der Waals surface area contributed by atoms with Crippen molar-refractivity contribution in [2.24, 2.45) is 0 Å². The molecule has 1 fully saturated rings. The zero-order valence-corrected chi connectivity index (χ0v) is 12.8. The third-order valence-electron chi connectivity index (χ3n) is 4.09. The highest BCUT2D eigenvalue weighted by Gasteiger charge is 2.32.